The molecule has 0 amide bonds. The highest BCUT2D eigenvalue weighted by Crippen LogP contribution is 2.56. The Kier molecular flexibility index (Phi) is 12.0. The number of methoxy groups -OCH3 is 1. The molecular formula is C39H48O3. The van der Waals surface area contributed by atoms with Gasteiger partial charge in [0.2, 0.25) is 0 Å². The molecule has 0 atom stereocenters. The Labute approximate surface area is 253 Å². The molecule has 0 radical (unpaired) electrons. The summed E-state index contributed by atoms with van der Waals surface area (Å²) in [5, 5.41) is 0. The Hall–Kier alpha value is -3.85. The monoisotopic (exact) mass is 564 g/mol. The molecule has 5 rings (SSSR count). The number of unbranched alkanes of at least 4 members (excludes halogenated alkanes) is 2. The summed E-state index contributed by atoms with van der Waals surface area (Å²) in [7, 11) is 1.71. The zero-order valence-corrected chi connectivity index (χ0v) is 26.8. The lowest BCUT2D eigenvalue weighted by Crippen LogP contribution is -2.29. The van der Waals surface area contributed by atoms with Crippen LogP contribution in [0.5, 0.6) is 11.5 Å². The first-order valence-electron chi connectivity index (χ1n) is 15.5. The van der Waals surface area contributed by atoms with Crippen LogP contribution in [0, 0.1) is 13.8 Å². The fraction of sp³-hybridized carbons (Fsp3) is 0.359. The molecule has 222 valence electrons. The Morgan fingerprint density at radius 3 is 1.43 bits per heavy atom. The van der Waals surface area contributed by atoms with Gasteiger partial charge >= 0.3 is 5.97 Å². The minimum Gasteiger partial charge on any atom is -0.496 e. The molecule has 4 aromatic rings. The van der Waals surface area contributed by atoms with Crippen LogP contribution in [0.3, 0.4) is 0 Å². The van der Waals surface area contributed by atoms with E-state index >= 15 is 0 Å². The molecule has 0 unspecified atom stereocenters. The highest BCUT2D eigenvalue weighted by Gasteiger charge is 2.46. The average molecular weight is 565 g/mol. The fourth-order valence-corrected chi connectivity index (χ4v) is 5.33. The molecule has 0 fully saturated rings. The van der Waals surface area contributed by atoms with E-state index in [1.807, 2.05) is 13.0 Å². The van der Waals surface area contributed by atoms with E-state index in [1.54, 1.807) is 14.0 Å². The number of rotatable bonds is 7. The van der Waals surface area contributed by atoms with Crippen LogP contribution in [0.2, 0.25) is 0 Å². The van der Waals surface area contributed by atoms with Gasteiger partial charge in [-0.2, -0.15) is 0 Å². The molecule has 0 saturated carbocycles. The molecule has 4 aromatic carbocycles. The molecule has 0 heterocycles. The second-order valence-corrected chi connectivity index (χ2v) is 10.8. The molecule has 3 nitrogen and oxygen atoms in total. The van der Waals surface area contributed by atoms with Crippen molar-refractivity contribution >= 4 is 5.97 Å². The molecule has 42 heavy (non-hydrogen) atoms. The first-order valence-corrected chi connectivity index (χ1v) is 15.5. The maximum atomic E-state index is 12.0. The molecule has 1 aliphatic carbocycles. The molecule has 0 spiro atoms. The fourth-order valence-electron chi connectivity index (χ4n) is 5.33. The largest absolute Gasteiger partial charge is 0.496 e. The molecule has 1 aliphatic rings. The lowest BCUT2D eigenvalue weighted by Gasteiger charge is -2.34. The quantitative estimate of drug-likeness (QED) is 0.146. The zero-order valence-electron chi connectivity index (χ0n) is 26.8. The van der Waals surface area contributed by atoms with Crippen LogP contribution in [-0.2, 0) is 10.2 Å². The summed E-state index contributed by atoms with van der Waals surface area (Å²) in [6.07, 6.45) is 5.62. The van der Waals surface area contributed by atoms with Crippen molar-refractivity contribution in [1.82, 2.24) is 0 Å². The third-order valence-corrected chi connectivity index (χ3v) is 7.90. The molecule has 3 heteroatoms. The van der Waals surface area contributed by atoms with Gasteiger partial charge in [-0.05, 0) is 70.5 Å². The summed E-state index contributed by atoms with van der Waals surface area (Å²) in [6, 6.07) is 30.0. The Morgan fingerprint density at radius 2 is 1.05 bits per heavy atom. The van der Waals surface area contributed by atoms with Gasteiger partial charge in [0.25, 0.3) is 0 Å². The van der Waals surface area contributed by atoms with Crippen LogP contribution in [0.4, 0.5) is 0 Å². The first-order chi connectivity index (χ1) is 20.3. The van der Waals surface area contributed by atoms with Crippen LogP contribution >= 0.6 is 0 Å². The number of esters is 1. The SMILES string of the molecule is CCC(=O)Oc1ccc(C2(c3ccc(OC)c(C)c3)c3ccccc3-c3ccccc32)cc1C.CCCC.CCCC. The van der Waals surface area contributed by atoms with Crippen LogP contribution < -0.4 is 9.47 Å². The highest BCUT2D eigenvalue weighted by atomic mass is 16.5. The van der Waals surface area contributed by atoms with Gasteiger partial charge in [-0.3, -0.25) is 4.79 Å². The number of fused-ring (bicyclic) bond motifs is 3. The smallest absolute Gasteiger partial charge is 0.310 e. The van der Waals surface area contributed by atoms with Gasteiger partial charge in [0.05, 0.1) is 12.5 Å². The molecular weight excluding hydrogens is 516 g/mol. The number of hydrogen-bond acceptors (Lipinski definition) is 3. The molecule has 0 saturated heterocycles. The van der Waals surface area contributed by atoms with Gasteiger partial charge in [-0.1, -0.05) is 133 Å². The van der Waals surface area contributed by atoms with E-state index < -0.39 is 5.41 Å². The number of carbonyl (C=O) groups is 1. The Bertz CT molecular complexity index is 1410. The summed E-state index contributed by atoms with van der Waals surface area (Å²) < 4.78 is 11.2. The second kappa shape index (κ2) is 15.4. The van der Waals surface area contributed by atoms with Gasteiger partial charge in [0, 0.05) is 6.42 Å². The zero-order chi connectivity index (χ0) is 30.7. The minimum atomic E-state index is -0.498. The van der Waals surface area contributed by atoms with Crippen LogP contribution in [-0.4, -0.2) is 13.1 Å². The number of hydrogen-bond donors (Lipinski definition) is 0. The highest BCUT2D eigenvalue weighted by molar-refractivity contribution is 5.86. The normalized spacial score (nSPS) is 12.1. The number of ether oxygens (including phenoxy) is 2. The lowest BCUT2D eigenvalue weighted by atomic mass is 9.67. The summed E-state index contributed by atoms with van der Waals surface area (Å²) in [5.74, 6) is 1.25. The van der Waals surface area contributed by atoms with Crippen molar-refractivity contribution in [3.8, 4) is 22.6 Å². The van der Waals surface area contributed by atoms with E-state index in [-0.39, 0.29) is 5.97 Å². The predicted molar refractivity (Wildman–Crippen MR) is 177 cm³/mol. The van der Waals surface area contributed by atoms with Gasteiger partial charge in [0.1, 0.15) is 11.5 Å². The van der Waals surface area contributed by atoms with Crippen LogP contribution in [0.15, 0.2) is 84.9 Å². The van der Waals surface area contributed by atoms with Crippen molar-refractivity contribution in [3.05, 3.63) is 118 Å². The van der Waals surface area contributed by atoms with Crippen molar-refractivity contribution in [1.29, 1.82) is 0 Å². The molecule has 0 aromatic heterocycles. The number of aryl methyl sites for hydroxylation is 2. The lowest BCUT2D eigenvalue weighted by molar-refractivity contribution is -0.134. The number of carbonyl (C=O) groups excluding carboxylic acids is 1. The Balaban J connectivity index is 0.000000540. The van der Waals surface area contributed by atoms with Crippen LogP contribution in [0.1, 0.15) is 100 Å². The average Bonchev–Trinajstić information content (AvgIpc) is 3.33. The van der Waals surface area contributed by atoms with E-state index in [1.165, 1.54) is 53.5 Å². The van der Waals surface area contributed by atoms with Crippen molar-refractivity contribution < 1.29 is 14.3 Å². The maximum absolute atomic E-state index is 12.0. The Morgan fingerprint density at radius 1 is 0.619 bits per heavy atom. The van der Waals surface area contributed by atoms with Crippen molar-refractivity contribution in [3.63, 3.8) is 0 Å². The second-order valence-electron chi connectivity index (χ2n) is 10.8. The first kappa shape index (κ1) is 32.7. The van der Waals surface area contributed by atoms with Crippen molar-refractivity contribution in [2.75, 3.05) is 7.11 Å². The van der Waals surface area contributed by atoms with Crippen molar-refractivity contribution in [2.24, 2.45) is 0 Å². The van der Waals surface area contributed by atoms with Gasteiger partial charge in [0.15, 0.2) is 0 Å². The van der Waals surface area contributed by atoms with E-state index in [9.17, 15) is 4.79 Å². The summed E-state index contributed by atoms with van der Waals surface area (Å²) >= 11 is 0. The van der Waals surface area contributed by atoms with Crippen LogP contribution in [0.25, 0.3) is 11.1 Å². The number of benzene rings is 4. The van der Waals surface area contributed by atoms with E-state index in [0.717, 1.165) is 22.4 Å². The van der Waals surface area contributed by atoms with E-state index in [2.05, 4.69) is 113 Å². The predicted octanol–water partition coefficient (Wildman–Crippen LogP) is 10.6. The topological polar surface area (TPSA) is 35.5 Å². The van der Waals surface area contributed by atoms with Gasteiger partial charge < -0.3 is 9.47 Å². The van der Waals surface area contributed by atoms with Gasteiger partial charge in [-0.15, -0.1) is 0 Å². The summed E-state index contributed by atoms with van der Waals surface area (Å²) in [5.41, 5.74) is 8.83. The summed E-state index contributed by atoms with van der Waals surface area (Å²) in [6.45, 7) is 14.6. The third kappa shape index (κ3) is 6.62. The minimum absolute atomic E-state index is 0.229. The standard InChI is InChI=1S/C31H28O3.2C4H10/c1-5-30(32)34-29-17-15-23(19-21(29)3)31(22-14-16-28(33-4)20(2)18-22)26-12-8-6-10-24(26)25-11-7-9-13-27(25)31;2*1-3-4-2/h6-19H,5H2,1-4H3;2*3-4H2,1-2H3. The summed E-state index contributed by atoms with van der Waals surface area (Å²) in [4.78, 5) is 12.0. The molecule has 0 aliphatic heterocycles. The molecule has 0 N–H and O–H groups in total. The van der Waals surface area contributed by atoms with Gasteiger partial charge in [-0.25, -0.2) is 0 Å². The maximum Gasteiger partial charge on any atom is 0.310 e. The van der Waals surface area contributed by atoms with Crippen molar-refractivity contribution in [2.45, 2.75) is 86.0 Å². The van der Waals surface area contributed by atoms with E-state index in [0.29, 0.717) is 12.2 Å². The van der Waals surface area contributed by atoms with E-state index in [4.69, 9.17) is 9.47 Å². The molecule has 0 bridgehead atoms. The third-order valence-electron chi connectivity index (χ3n) is 7.90.